The third-order valence-electron chi connectivity index (χ3n) is 11.2. The molecule has 2 saturated carbocycles. The van der Waals surface area contributed by atoms with Crippen molar-refractivity contribution in [3.63, 3.8) is 0 Å². The maximum atomic E-state index is 17.8. The van der Waals surface area contributed by atoms with Crippen LogP contribution in [0.2, 0.25) is 0 Å². The number of hydrogen-bond acceptors (Lipinski definition) is 6. The molecule has 46 heavy (non-hydrogen) atoms. The fourth-order valence-corrected chi connectivity index (χ4v) is 8.86. The van der Waals surface area contributed by atoms with Crippen LogP contribution in [0.4, 0.5) is 4.39 Å². The summed E-state index contributed by atoms with van der Waals surface area (Å²) in [6.07, 6.45) is 2.49. The molecule has 3 aliphatic carbocycles. The highest BCUT2D eigenvalue weighted by molar-refractivity contribution is 5.77. The number of likely N-dealkylation sites (tertiary alicyclic amines) is 1. The summed E-state index contributed by atoms with van der Waals surface area (Å²) in [4.78, 5) is 16.3. The van der Waals surface area contributed by atoms with Gasteiger partial charge >= 0.3 is 5.97 Å². The van der Waals surface area contributed by atoms with Gasteiger partial charge in [0.15, 0.2) is 11.5 Å². The summed E-state index contributed by atoms with van der Waals surface area (Å²) >= 11 is 0. The molecule has 3 aromatic carbocycles. The number of carbonyl (C=O) groups is 1. The fraction of sp³-hybridized carbons (Fsp3) is 0.513. The van der Waals surface area contributed by atoms with Gasteiger partial charge in [-0.3, -0.25) is 9.69 Å². The average Bonchev–Trinajstić information content (AvgIpc) is 3.79. The van der Waals surface area contributed by atoms with E-state index in [9.17, 15) is 4.79 Å². The molecule has 5 aliphatic rings. The largest absolute Gasteiger partial charge is 0.485 e. The Morgan fingerprint density at radius 3 is 2.41 bits per heavy atom. The molecule has 242 valence electrons. The van der Waals surface area contributed by atoms with Crippen molar-refractivity contribution in [2.24, 2.45) is 11.3 Å². The highest BCUT2D eigenvalue weighted by Crippen LogP contribution is 2.67. The minimum atomic E-state index is -1.29. The molecule has 1 N–H and O–H groups in total. The van der Waals surface area contributed by atoms with Crippen molar-refractivity contribution in [1.29, 1.82) is 0 Å². The van der Waals surface area contributed by atoms with E-state index in [2.05, 4.69) is 28.4 Å². The topological polar surface area (TPSA) is 60.0 Å². The minimum absolute atomic E-state index is 0.123. The van der Waals surface area contributed by atoms with Gasteiger partial charge in [-0.25, -0.2) is 4.39 Å². The van der Waals surface area contributed by atoms with Crippen LogP contribution in [-0.4, -0.2) is 53.9 Å². The van der Waals surface area contributed by atoms with Crippen LogP contribution in [0.3, 0.4) is 0 Å². The summed E-state index contributed by atoms with van der Waals surface area (Å²) < 4.78 is 38.2. The van der Waals surface area contributed by atoms with E-state index in [1.54, 1.807) is 0 Å². The van der Waals surface area contributed by atoms with E-state index < -0.39 is 28.7 Å². The van der Waals surface area contributed by atoms with E-state index in [4.69, 9.17) is 14.2 Å². The zero-order valence-corrected chi connectivity index (χ0v) is 27.1. The summed E-state index contributed by atoms with van der Waals surface area (Å²) in [5.41, 5.74) is 1.23. The molecule has 0 unspecified atom stereocenters. The molecule has 2 bridgehead atoms. The molecule has 1 spiro atoms. The van der Waals surface area contributed by atoms with Gasteiger partial charge in [0.2, 0.25) is 0 Å². The Bertz CT molecular complexity index is 1610. The molecule has 3 aromatic rings. The molecule has 3 fully saturated rings. The second-order valence-electron chi connectivity index (χ2n) is 15.2. The second-order valence-corrected chi connectivity index (χ2v) is 15.2. The molecule has 2 aliphatic heterocycles. The van der Waals surface area contributed by atoms with Crippen molar-refractivity contribution in [1.82, 2.24) is 10.2 Å². The molecule has 7 heteroatoms. The lowest BCUT2D eigenvalue weighted by atomic mass is 9.47. The molecule has 0 amide bonds. The Hall–Kier alpha value is -3.42. The van der Waals surface area contributed by atoms with Crippen LogP contribution in [0.1, 0.15) is 68.7 Å². The normalized spacial score (nSPS) is 31.1. The van der Waals surface area contributed by atoms with Gasteiger partial charge in [0.05, 0.1) is 11.5 Å². The number of benzene rings is 3. The maximum absolute atomic E-state index is 17.8. The van der Waals surface area contributed by atoms with Gasteiger partial charge in [-0.1, -0.05) is 66.7 Å². The van der Waals surface area contributed by atoms with Crippen molar-refractivity contribution in [3.8, 4) is 11.5 Å². The smallest absolute Gasteiger partial charge is 0.311 e. The maximum Gasteiger partial charge on any atom is 0.311 e. The molecule has 6 atom stereocenters. The van der Waals surface area contributed by atoms with Crippen LogP contribution in [0.25, 0.3) is 0 Å². The predicted octanol–water partition coefficient (Wildman–Crippen LogP) is 6.53. The van der Waals surface area contributed by atoms with Crippen LogP contribution in [0.5, 0.6) is 11.5 Å². The van der Waals surface area contributed by atoms with Crippen molar-refractivity contribution < 1.29 is 23.4 Å². The van der Waals surface area contributed by atoms with Gasteiger partial charge in [0.1, 0.15) is 29.9 Å². The Morgan fingerprint density at radius 1 is 1.00 bits per heavy atom. The van der Waals surface area contributed by atoms with Gasteiger partial charge in [-0.05, 0) is 81.5 Å². The quantitative estimate of drug-likeness (QED) is 0.273. The van der Waals surface area contributed by atoms with Crippen molar-refractivity contribution in [2.45, 2.75) is 101 Å². The third-order valence-corrected chi connectivity index (χ3v) is 11.2. The summed E-state index contributed by atoms with van der Waals surface area (Å²) in [6, 6.07) is 24.2. The van der Waals surface area contributed by atoms with Gasteiger partial charge < -0.3 is 19.5 Å². The first-order chi connectivity index (χ1) is 22.2. The number of nitrogens with one attached hydrogen (secondary N) is 1. The first-order valence-corrected chi connectivity index (χ1v) is 17.1. The number of ether oxygens (including phenoxy) is 3. The molecule has 0 aromatic heterocycles. The van der Waals surface area contributed by atoms with Crippen LogP contribution in [0, 0.1) is 11.3 Å². The summed E-state index contributed by atoms with van der Waals surface area (Å²) in [7, 11) is 0. The van der Waals surface area contributed by atoms with E-state index in [-0.39, 0.29) is 18.1 Å². The predicted molar refractivity (Wildman–Crippen MR) is 175 cm³/mol. The highest BCUT2D eigenvalue weighted by atomic mass is 19.1. The van der Waals surface area contributed by atoms with E-state index in [1.807, 2.05) is 75.4 Å². The van der Waals surface area contributed by atoms with Crippen molar-refractivity contribution in [2.75, 3.05) is 13.1 Å². The molecule has 2 heterocycles. The lowest BCUT2D eigenvalue weighted by molar-refractivity contribution is -0.242. The minimum Gasteiger partial charge on any atom is -0.485 e. The number of nitrogens with zero attached hydrogens (tertiary/aromatic N) is 1. The van der Waals surface area contributed by atoms with E-state index >= 15 is 4.39 Å². The van der Waals surface area contributed by atoms with Gasteiger partial charge in [0.25, 0.3) is 0 Å². The van der Waals surface area contributed by atoms with Crippen LogP contribution < -0.4 is 14.8 Å². The summed E-state index contributed by atoms with van der Waals surface area (Å²) in [5.74, 6) is 1.55. The Morgan fingerprint density at radius 2 is 1.72 bits per heavy atom. The molecular formula is C39H45FN2O4. The average molecular weight is 625 g/mol. The Labute approximate surface area is 271 Å². The van der Waals surface area contributed by atoms with E-state index in [1.165, 1.54) is 12.8 Å². The number of rotatable bonds is 9. The number of piperidine rings is 1. The molecule has 1 saturated heterocycles. The fourth-order valence-electron chi connectivity index (χ4n) is 8.86. The first kappa shape index (κ1) is 29.9. The summed E-state index contributed by atoms with van der Waals surface area (Å²) in [5, 5.41) is 3.77. The van der Waals surface area contributed by atoms with E-state index in [0.717, 1.165) is 28.8 Å². The SMILES string of the molecule is CC(C)(C)C(=O)O[C@@]12CC[C@@H](NCc3ccccc3)[C@@H]3Oc4c(OCc5ccccc5)ccc5c4[C@@]31[C@H](F)CN(CC1CC1)[C@H]2C5. The molecule has 6 nitrogen and oxygen atoms in total. The van der Waals surface area contributed by atoms with E-state index in [0.29, 0.717) is 56.4 Å². The van der Waals surface area contributed by atoms with Gasteiger partial charge in [0, 0.05) is 31.2 Å². The Balaban J connectivity index is 1.26. The monoisotopic (exact) mass is 624 g/mol. The number of carbonyl (C=O) groups excluding carboxylic acids is 1. The number of hydrogen-bond donors (Lipinski definition) is 1. The highest BCUT2D eigenvalue weighted by Gasteiger charge is 2.79. The molecule has 0 radical (unpaired) electrons. The zero-order chi connectivity index (χ0) is 31.7. The van der Waals surface area contributed by atoms with Crippen molar-refractivity contribution >= 4 is 5.97 Å². The second kappa shape index (κ2) is 11.1. The number of alkyl halides is 1. The number of esters is 1. The Kier molecular flexibility index (Phi) is 7.22. The zero-order valence-electron chi connectivity index (χ0n) is 27.1. The standard InChI is InChI=1S/C39H45FN2O4/c1-37(2,3)36(43)46-38-19-18-29(41-21-25-10-6-4-7-11-25)35-39(38)31(40)23-42(22-26-14-15-26)32(38)20-28-16-17-30(34(45-35)33(28)39)44-24-27-12-8-5-9-13-27/h4-13,16-17,26,29,31-32,35,41H,14-15,18-24H2,1-3H3/t29-,31-,32+,35+,38-,39+/m1/s1. The first-order valence-electron chi connectivity index (χ1n) is 17.1. The number of halogens is 1. The summed E-state index contributed by atoms with van der Waals surface area (Å²) in [6.45, 7) is 7.85. The van der Waals surface area contributed by atoms with Crippen LogP contribution in [-0.2, 0) is 34.5 Å². The van der Waals surface area contributed by atoms with Gasteiger partial charge in [-0.15, -0.1) is 0 Å². The lowest BCUT2D eigenvalue weighted by Gasteiger charge is -2.66. The van der Waals surface area contributed by atoms with Crippen LogP contribution >= 0.6 is 0 Å². The molecular weight excluding hydrogens is 579 g/mol. The lowest BCUT2D eigenvalue weighted by Crippen LogP contribution is -2.83. The third kappa shape index (κ3) is 4.68. The van der Waals surface area contributed by atoms with Crippen molar-refractivity contribution in [3.05, 3.63) is 95.1 Å². The van der Waals surface area contributed by atoms with Crippen LogP contribution in [0.15, 0.2) is 72.8 Å². The van der Waals surface area contributed by atoms with Gasteiger partial charge in [-0.2, -0.15) is 0 Å². The molecule has 8 rings (SSSR count).